The quantitative estimate of drug-likeness (QED) is 0.430. The third-order valence-corrected chi connectivity index (χ3v) is 5.02. The molecular formula is C19H38O3. The van der Waals surface area contributed by atoms with Gasteiger partial charge in [-0.1, -0.05) is 59.3 Å². The summed E-state index contributed by atoms with van der Waals surface area (Å²) in [6.45, 7) is 8.77. The molecule has 3 atom stereocenters. The largest absolute Gasteiger partial charge is 0.481 e. The van der Waals surface area contributed by atoms with Gasteiger partial charge in [-0.25, -0.2) is 0 Å². The maximum Gasteiger partial charge on any atom is 0.303 e. The highest BCUT2D eigenvalue weighted by atomic mass is 16.4. The molecule has 0 aliphatic carbocycles. The number of aliphatic hydroxyl groups excluding tert-OH is 1. The molecule has 3 heteroatoms. The molecule has 3 nitrogen and oxygen atoms in total. The Hall–Kier alpha value is -0.570. The molecule has 0 saturated heterocycles. The fourth-order valence-electron chi connectivity index (χ4n) is 2.88. The molecule has 0 spiro atoms. The molecule has 0 radical (unpaired) electrons. The molecule has 0 fully saturated rings. The van der Waals surface area contributed by atoms with Crippen LogP contribution in [0.15, 0.2) is 0 Å². The van der Waals surface area contributed by atoms with Crippen molar-refractivity contribution in [3.8, 4) is 0 Å². The summed E-state index contributed by atoms with van der Waals surface area (Å²) in [7, 11) is 0. The molecular weight excluding hydrogens is 276 g/mol. The molecule has 0 bridgehead atoms. The fourth-order valence-corrected chi connectivity index (χ4v) is 2.88. The molecule has 132 valence electrons. The van der Waals surface area contributed by atoms with Gasteiger partial charge < -0.3 is 10.2 Å². The van der Waals surface area contributed by atoms with Crippen LogP contribution in [0.2, 0.25) is 0 Å². The van der Waals surface area contributed by atoms with E-state index in [1.807, 2.05) is 6.92 Å². The molecule has 3 unspecified atom stereocenters. The minimum Gasteiger partial charge on any atom is -0.481 e. The zero-order valence-corrected chi connectivity index (χ0v) is 15.2. The molecule has 0 aliphatic rings. The molecule has 2 N–H and O–H groups in total. The fraction of sp³-hybridized carbons (Fsp3) is 0.947. The SMILES string of the molecule is CC(C)C(C)CCCCCCCC(CCCC(=O)O)C(C)O. The van der Waals surface area contributed by atoms with Gasteiger partial charge in [0, 0.05) is 6.42 Å². The summed E-state index contributed by atoms with van der Waals surface area (Å²) in [6, 6.07) is 0. The smallest absolute Gasteiger partial charge is 0.303 e. The summed E-state index contributed by atoms with van der Waals surface area (Å²) in [5, 5.41) is 18.5. The minimum atomic E-state index is -0.736. The number of hydrogen-bond acceptors (Lipinski definition) is 2. The first-order chi connectivity index (χ1) is 10.3. The average Bonchev–Trinajstić information content (AvgIpc) is 2.43. The molecule has 0 rings (SSSR count). The molecule has 0 heterocycles. The summed E-state index contributed by atoms with van der Waals surface area (Å²) < 4.78 is 0. The van der Waals surface area contributed by atoms with E-state index in [1.165, 1.54) is 32.1 Å². The van der Waals surface area contributed by atoms with E-state index in [9.17, 15) is 9.90 Å². The molecule has 0 aliphatic heterocycles. The number of carbonyl (C=O) groups is 1. The third-order valence-electron chi connectivity index (χ3n) is 5.02. The highest BCUT2D eigenvalue weighted by molar-refractivity contribution is 5.66. The van der Waals surface area contributed by atoms with Gasteiger partial charge in [-0.3, -0.25) is 4.79 Å². The molecule has 0 aromatic rings. The topological polar surface area (TPSA) is 57.5 Å². The molecule has 0 aromatic heterocycles. The molecule has 0 aromatic carbocycles. The van der Waals surface area contributed by atoms with Crippen LogP contribution in [0.3, 0.4) is 0 Å². The van der Waals surface area contributed by atoms with Crippen LogP contribution in [0.4, 0.5) is 0 Å². The van der Waals surface area contributed by atoms with Gasteiger partial charge >= 0.3 is 5.97 Å². The van der Waals surface area contributed by atoms with Crippen molar-refractivity contribution in [2.45, 2.75) is 98.0 Å². The van der Waals surface area contributed by atoms with Gasteiger partial charge in [0.15, 0.2) is 0 Å². The van der Waals surface area contributed by atoms with E-state index in [1.54, 1.807) is 0 Å². The van der Waals surface area contributed by atoms with Gasteiger partial charge in [-0.05, 0) is 43.9 Å². The van der Waals surface area contributed by atoms with E-state index in [0.717, 1.165) is 31.1 Å². The number of rotatable bonds is 14. The molecule has 0 saturated carbocycles. The van der Waals surface area contributed by atoms with Crippen LogP contribution < -0.4 is 0 Å². The highest BCUT2D eigenvalue weighted by Crippen LogP contribution is 2.22. The summed E-state index contributed by atoms with van der Waals surface area (Å²) >= 11 is 0. The van der Waals surface area contributed by atoms with Crippen molar-refractivity contribution in [2.75, 3.05) is 0 Å². The summed E-state index contributed by atoms with van der Waals surface area (Å²) in [6.07, 6.45) is 10.1. The standard InChI is InChI=1S/C19H38O3/c1-15(2)16(3)11-8-6-5-7-9-12-18(17(4)20)13-10-14-19(21)22/h15-18,20H,5-14H2,1-4H3,(H,21,22). The highest BCUT2D eigenvalue weighted by Gasteiger charge is 2.15. The Morgan fingerprint density at radius 2 is 1.32 bits per heavy atom. The van der Waals surface area contributed by atoms with Crippen molar-refractivity contribution in [1.82, 2.24) is 0 Å². The van der Waals surface area contributed by atoms with Crippen molar-refractivity contribution in [3.05, 3.63) is 0 Å². The zero-order chi connectivity index (χ0) is 17.0. The van der Waals surface area contributed by atoms with Gasteiger partial charge in [0.1, 0.15) is 0 Å². The Labute approximate surface area is 137 Å². The van der Waals surface area contributed by atoms with Crippen LogP contribution in [0.1, 0.15) is 91.9 Å². The second-order valence-electron chi connectivity index (χ2n) is 7.35. The number of carboxylic acid groups (broad SMARTS) is 1. The van der Waals surface area contributed by atoms with Crippen molar-refractivity contribution in [2.24, 2.45) is 17.8 Å². The second-order valence-corrected chi connectivity index (χ2v) is 7.35. The van der Waals surface area contributed by atoms with E-state index >= 15 is 0 Å². The monoisotopic (exact) mass is 314 g/mol. The predicted octanol–water partition coefficient (Wildman–Crippen LogP) is 5.26. The lowest BCUT2D eigenvalue weighted by Crippen LogP contribution is -2.17. The average molecular weight is 315 g/mol. The Bertz CT molecular complexity index is 274. The Morgan fingerprint density at radius 3 is 1.82 bits per heavy atom. The van der Waals surface area contributed by atoms with Crippen LogP contribution in [-0.4, -0.2) is 22.3 Å². The van der Waals surface area contributed by atoms with Crippen LogP contribution in [0.25, 0.3) is 0 Å². The van der Waals surface area contributed by atoms with Crippen molar-refractivity contribution < 1.29 is 15.0 Å². The van der Waals surface area contributed by atoms with Gasteiger partial charge in [-0.15, -0.1) is 0 Å². The zero-order valence-electron chi connectivity index (χ0n) is 15.2. The van der Waals surface area contributed by atoms with E-state index in [-0.39, 0.29) is 18.4 Å². The normalized spacial score (nSPS) is 15.7. The Kier molecular flexibility index (Phi) is 12.6. The first kappa shape index (κ1) is 21.4. The van der Waals surface area contributed by atoms with E-state index in [0.29, 0.717) is 6.42 Å². The maximum absolute atomic E-state index is 10.5. The van der Waals surface area contributed by atoms with Crippen molar-refractivity contribution in [1.29, 1.82) is 0 Å². The number of unbranched alkanes of at least 4 members (excludes halogenated alkanes) is 4. The Balaban J connectivity index is 3.62. The van der Waals surface area contributed by atoms with Gasteiger partial charge in [0.05, 0.1) is 6.10 Å². The lowest BCUT2D eigenvalue weighted by molar-refractivity contribution is -0.137. The van der Waals surface area contributed by atoms with Crippen LogP contribution in [-0.2, 0) is 4.79 Å². The van der Waals surface area contributed by atoms with Crippen LogP contribution in [0, 0.1) is 17.8 Å². The summed E-state index contributed by atoms with van der Waals surface area (Å²) in [5.74, 6) is 1.15. The summed E-state index contributed by atoms with van der Waals surface area (Å²) in [4.78, 5) is 10.5. The number of aliphatic carboxylic acids is 1. The number of carboxylic acids is 1. The number of aliphatic hydroxyl groups is 1. The van der Waals surface area contributed by atoms with E-state index in [2.05, 4.69) is 20.8 Å². The van der Waals surface area contributed by atoms with Crippen LogP contribution in [0.5, 0.6) is 0 Å². The van der Waals surface area contributed by atoms with E-state index < -0.39 is 5.97 Å². The van der Waals surface area contributed by atoms with Gasteiger partial charge in [0.2, 0.25) is 0 Å². The first-order valence-corrected chi connectivity index (χ1v) is 9.24. The first-order valence-electron chi connectivity index (χ1n) is 9.24. The van der Waals surface area contributed by atoms with Crippen LogP contribution >= 0.6 is 0 Å². The lowest BCUT2D eigenvalue weighted by Gasteiger charge is -2.19. The summed E-state index contributed by atoms with van der Waals surface area (Å²) in [5.41, 5.74) is 0. The van der Waals surface area contributed by atoms with Gasteiger partial charge in [0.25, 0.3) is 0 Å². The maximum atomic E-state index is 10.5. The van der Waals surface area contributed by atoms with Crippen molar-refractivity contribution >= 4 is 5.97 Å². The Morgan fingerprint density at radius 1 is 0.818 bits per heavy atom. The predicted molar refractivity (Wildman–Crippen MR) is 93.0 cm³/mol. The van der Waals surface area contributed by atoms with Crippen molar-refractivity contribution in [3.63, 3.8) is 0 Å². The molecule has 0 amide bonds. The lowest BCUT2D eigenvalue weighted by atomic mass is 9.90. The van der Waals surface area contributed by atoms with E-state index in [4.69, 9.17) is 5.11 Å². The second kappa shape index (κ2) is 12.9. The number of hydrogen-bond donors (Lipinski definition) is 2. The minimum absolute atomic E-state index is 0.219. The third kappa shape index (κ3) is 12.0. The molecule has 22 heavy (non-hydrogen) atoms. The van der Waals surface area contributed by atoms with Gasteiger partial charge in [-0.2, -0.15) is 0 Å².